The summed E-state index contributed by atoms with van der Waals surface area (Å²) in [5, 5.41) is 9.01. The van der Waals surface area contributed by atoms with Crippen LogP contribution in [0, 0.1) is 0 Å². The number of aliphatic carboxylic acids is 1. The highest BCUT2D eigenvalue weighted by molar-refractivity contribution is 5.93. The minimum absolute atomic E-state index is 0.263. The smallest absolute Gasteiger partial charge is 0.337 e. The zero-order valence-electron chi connectivity index (χ0n) is 12.4. The highest BCUT2D eigenvalue weighted by atomic mass is 16.5. The van der Waals surface area contributed by atoms with Crippen molar-refractivity contribution in [3.05, 3.63) is 65.2 Å². The van der Waals surface area contributed by atoms with Gasteiger partial charge in [0.15, 0.2) is 0 Å². The number of esters is 1. The molecule has 0 radical (unpaired) electrons. The topological polar surface area (TPSA) is 63.6 Å². The number of hydrogen-bond acceptors (Lipinski definition) is 3. The van der Waals surface area contributed by atoms with Gasteiger partial charge >= 0.3 is 11.9 Å². The number of rotatable bonds is 4. The Morgan fingerprint density at radius 2 is 1.68 bits per heavy atom. The van der Waals surface area contributed by atoms with E-state index in [1.165, 1.54) is 7.11 Å². The first-order valence-corrected chi connectivity index (χ1v) is 6.72. The normalized spacial score (nSPS) is 11.1. The van der Waals surface area contributed by atoms with Crippen molar-refractivity contribution < 1.29 is 19.4 Å². The Labute approximate surface area is 128 Å². The number of methoxy groups -OCH3 is 1. The minimum Gasteiger partial charge on any atom is -0.478 e. The van der Waals surface area contributed by atoms with E-state index >= 15 is 0 Å². The average molecular weight is 296 g/mol. The lowest BCUT2D eigenvalue weighted by molar-refractivity contribution is -0.132. The van der Waals surface area contributed by atoms with Gasteiger partial charge in [0.1, 0.15) is 0 Å². The summed E-state index contributed by atoms with van der Waals surface area (Å²) in [4.78, 5) is 22.4. The lowest BCUT2D eigenvalue weighted by Gasteiger charge is -2.08. The number of ether oxygens (including phenoxy) is 1. The molecule has 22 heavy (non-hydrogen) atoms. The second-order valence-electron chi connectivity index (χ2n) is 4.79. The van der Waals surface area contributed by atoms with Crippen LogP contribution in [0.4, 0.5) is 0 Å². The Morgan fingerprint density at radius 3 is 2.27 bits per heavy atom. The van der Waals surface area contributed by atoms with Crippen LogP contribution in [0.15, 0.2) is 54.1 Å². The molecule has 0 fully saturated rings. The van der Waals surface area contributed by atoms with Gasteiger partial charge < -0.3 is 9.84 Å². The summed E-state index contributed by atoms with van der Waals surface area (Å²) < 4.78 is 4.67. The van der Waals surface area contributed by atoms with Gasteiger partial charge in [-0.3, -0.25) is 0 Å². The molecule has 0 heterocycles. The van der Waals surface area contributed by atoms with Gasteiger partial charge in [-0.25, -0.2) is 9.59 Å². The number of benzene rings is 2. The van der Waals surface area contributed by atoms with Crippen LogP contribution in [0.1, 0.15) is 22.8 Å². The van der Waals surface area contributed by atoms with E-state index in [1.807, 2.05) is 36.4 Å². The van der Waals surface area contributed by atoms with Gasteiger partial charge in [0.05, 0.1) is 12.7 Å². The van der Waals surface area contributed by atoms with Crippen LogP contribution in [0.5, 0.6) is 0 Å². The Hall–Kier alpha value is -2.88. The van der Waals surface area contributed by atoms with Crippen molar-refractivity contribution in [3.8, 4) is 11.1 Å². The number of carbonyl (C=O) groups excluding carboxylic acids is 1. The van der Waals surface area contributed by atoms with Crippen LogP contribution in [-0.4, -0.2) is 24.2 Å². The zero-order valence-corrected chi connectivity index (χ0v) is 12.4. The van der Waals surface area contributed by atoms with Gasteiger partial charge in [-0.1, -0.05) is 36.4 Å². The van der Waals surface area contributed by atoms with E-state index in [1.54, 1.807) is 25.1 Å². The van der Waals surface area contributed by atoms with Crippen molar-refractivity contribution in [2.45, 2.75) is 6.92 Å². The van der Waals surface area contributed by atoms with Crippen molar-refractivity contribution in [2.75, 3.05) is 7.11 Å². The molecule has 2 rings (SSSR count). The van der Waals surface area contributed by atoms with E-state index in [0.717, 1.165) is 16.7 Å². The Morgan fingerprint density at radius 1 is 1.05 bits per heavy atom. The molecule has 0 saturated heterocycles. The molecule has 0 amide bonds. The summed E-state index contributed by atoms with van der Waals surface area (Å²) in [5.41, 5.74) is 3.35. The summed E-state index contributed by atoms with van der Waals surface area (Å²) in [6.07, 6.45) is 1.63. The Bertz CT molecular complexity index is 727. The molecule has 4 nitrogen and oxygen atoms in total. The number of carboxylic acid groups (broad SMARTS) is 1. The number of carbonyl (C=O) groups is 2. The third-order valence-corrected chi connectivity index (χ3v) is 3.29. The molecule has 0 atom stereocenters. The molecule has 112 valence electrons. The van der Waals surface area contributed by atoms with Gasteiger partial charge in [-0.05, 0) is 41.8 Å². The summed E-state index contributed by atoms with van der Waals surface area (Å²) in [7, 11) is 1.34. The maximum absolute atomic E-state index is 11.5. The summed E-state index contributed by atoms with van der Waals surface area (Å²) in [5.74, 6) is -1.34. The first-order chi connectivity index (χ1) is 10.5. The molecule has 2 aromatic carbocycles. The van der Waals surface area contributed by atoms with Crippen molar-refractivity contribution in [1.29, 1.82) is 0 Å². The van der Waals surface area contributed by atoms with Gasteiger partial charge in [0.2, 0.25) is 0 Å². The van der Waals surface area contributed by atoms with Gasteiger partial charge in [-0.2, -0.15) is 0 Å². The van der Waals surface area contributed by atoms with E-state index in [2.05, 4.69) is 4.74 Å². The minimum atomic E-state index is -0.948. The molecular weight excluding hydrogens is 280 g/mol. The van der Waals surface area contributed by atoms with Gasteiger partial charge in [0, 0.05) is 5.57 Å². The first kappa shape index (κ1) is 15.5. The van der Waals surface area contributed by atoms with E-state index in [-0.39, 0.29) is 11.5 Å². The molecule has 4 heteroatoms. The maximum atomic E-state index is 11.5. The third kappa shape index (κ3) is 3.41. The molecule has 0 aromatic heterocycles. The first-order valence-electron chi connectivity index (χ1n) is 6.72. The monoisotopic (exact) mass is 296 g/mol. The summed E-state index contributed by atoms with van der Waals surface area (Å²) in [6, 6.07) is 14.5. The highest BCUT2D eigenvalue weighted by Crippen LogP contribution is 2.26. The van der Waals surface area contributed by atoms with Gasteiger partial charge in [0.25, 0.3) is 0 Å². The third-order valence-electron chi connectivity index (χ3n) is 3.29. The lowest BCUT2D eigenvalue weighted by atomic mass is 9.97. The van der Waals surface area contributed by atoms with Gasteiger partial charge in [-0.15, -0.1) is 0 Å². The molecular formula is C18H16O4. The number of hydrogen-bond donors (Lipinski definition) is 1. The predicted octanol–water partition coefficient (Wildman–Crippen LogP) is 3.63. The largest absolute Gasteiger partial charge is 0.478 e. The predicted molar refractivity (Wildman–Crippen MR) is 84.5 cm³/mol. The van der Waals surface area contributed by atoms with E-state index in [9.17, 15) is 9.59 Å². The van der Waals surface area contributed by atoms with Crippen molar-refractivity contribution in [1.82, 2.24) is 0 Å². The SMILES string of the molecule is COC(=O)c1ccc(-c2ccccc2/C=C(\C)C(=O)O)cc1. The van der Waals surface area contributed by atoms with Crippen LogP contribution < -0.4 is 0 Å². The Balaban J connectivity index is 2.43. The lowest BCUT2D eigenvalue weighted by Crippen LogP contribution is -2.00. The fourth-order valence-electron chi connectivity index (χ4n) is 2.08. The van der Waals surface area contributed by atoms with Crippen LogP contribution >= 0.6 is 0 Å². The van der Waals surface area contributed by atoms with Crippen LogP contribution in [0.2, 0.25) is 0 Å². The maximum Gasteiger partial charge on any atom is 0.337 e. The zero-order chi connectivity index (χ0) is 16.1. The number of carboxylic acids is 1. The molecule has 0 bridgehead atoms. The second-order valence-corrected chi connectivity index (χ2v) is 4.79. The molecule has 0 aliphatic carbocycles. The molecule has 0 aliphatic heterocycles. The molecule has 0 spiro atoms. The summed E-state index contributed by atoms with van der Waals surface area (Å²) in [6.45, 7) is 1.56. The van der Waals surface area contributed by atoms with Crippen molar-refractivity contribution >= 4 is 18.0 Å². The summed E-state index contributed by atoms with van der Waals surface area (Å²) >= 11 is 0. The fourth-order valence-corrected chi connectivity index (χ4v) is 2.08. The molecule has 0 saturated carbocycles. The van der Waals surface area contributed by atoms with Crippen LogP contribution in [0.25, 0.3) is 17.2 Å². The van der Waals surface area contributed by atoms with Crippen molar-refractivity contribution in [2.24, 2.45) is 0 Å². The van der Waals surface area contributed by atoms with E-state index in [0.29, 0.717) is 5.56 Å². The quantitative estimate of drug-likeness (QED) is 0.691. The standard InChI is InChI=1S/C18H16O4/c1-12(17(19)20)11-15-5-3-4-6-16(15)13-7-9-14(10-8-13)18(21)22-2/h3-11H,1-2H3,(H,19,20)/b12-11+. The van der Waals surface area contributed by atoms with Crippen LogP contribution in [0.3, 0.4) is 0 Å². The molecule has 0 aliphatic rings. The molecule has 2 aromatic rings. The molecule has 0 unspecified atom stereocenters. The van der Waals surface area contributed by atoms with E-state index < -0.39 is 5.97 Å². The van der Waals surface area contributed by atoms with Crippen LogP contribution in [-0.2, 0) is 9.53 Å². The molecule has 1 N–H and O–H groups in total. The second kappa shape index (κ2) is 6.72. The average Bonchev–Trinajstić information content (AvgIpc) is 2.54. The van der Waals surface area contributed by atoms with E-state index in [4.69, 9.17) is 5.11 Å². The fraction of sp³-hybridized carbons (Fsp3) is 0.111. The van der Waals surface area contributed by atoms with Crippen molar-refractivity contribution in [3.63, 3.8) is 0 Å². The Kier molecular flexibility index (Phi) is 4.73. The highest BCUT2D eigenvalue weighted by Gasteiger charge is 2.08.